The van der Waals surface area contributed by atoms with E-state index in [-0.39, 0.29) is 24.4 Å². The van der Waals surface area contributed by atoms with Crippen LogP contribution in [0.5, 0.6) is 0 Å². The first-order chi connectivity index (χ1) is 7.15. The van der Waals surface area contributed by atoms with Gasteiger partial charge in [-0.25, -0.2) is 4.39 Å². The lowest BCUT2D eigenvalue weighted by atomic mass is 10.1. The zero-order chi connectivity index (χ0) is 11.3. The number of hydrogen-bond donors (Lipinski definition) is 1. The van der Waals surface area contributed by atoms with E-state index in [1.807, 2.05) is 0 Å². The summed E-state index contributed by atoms with van der Waals surface area (Å²) < 4.78 is 13.1. The van der Waals surface area contributed by atoms with E-state index in [1.54, 1.807) is 19.1 Å². The van der Waals surface area contributed by atoms with Crippen LogP contribution in [0.2, 0.25) is 0 Å². The summed E-state index contributed by atoms with van der Waals surface area (Å²) in [5, 5.41) is 2.51. The van der Waals surface area contributed by atoms with Crippen LogP contribution in [0.15, 0.2) is 18.2 Å². The van der Waals surface area contributed by atoms with Gasteiger partial charge in [-0.2, -0.15) is 0 Å². The first-order valence-electron chi connectivity index (χ1n) is 4.63. The van der Waals surface area contributed by atoms with Crippen molar-refractivity contribution >= 4 is 12.2 Å². The first-order valence-corrected chi connectivity index (χ1v) is 4.63. The van der Waals surface area contributed by atoms with Gasteiger partial charge >= 0.3 is 0 Å². The summed E-state index contributed by atoms with van der Waals surface area (Å²) in [7, 11) is 0. The normalized spacial score (nSPS) is 9.73. The molecule has 4 heteroatoms. The highest BCUT2D eigenvalue weighted by atomic mass is 19.1. The average Bonchev–Trinajstić information content (AvgIpc) is 2.22. The molecule has 0 heterocycles. The molecule has 0 atom stereocenters. The van der Waals surface area contributed by atoms with Gasteiger partial charge in [0.15, 0.2) is 0 Å². The van der Waals surface area contributed by atoms with Crippen LogP contribution < -0.4 is 5.32 Å². The van der Waals surface area contributed by atoms with Gasteiger partial charge in [0, 0.05) is 18.5 Å². The minimum Gasteiger partial charge on any atom is -0.352 e. The number of amides is 1. The van der Waals surface area contributed by atoms with Crippen LogP contribution >= 0.6 is 0 Å². The Hall–Kier alpha value is -1.71. The minimum atomic E-state index is -0.405. The van der Waals surface area contributed by atoms with E-state index in [1.165, 1.54) is 6.07 Å². The molecule has 0 radical (unpaired) electrons. The predicted octanol–water partition coefficient (Wildman–Crippen LogP) is 1.45. The lowest BCUT2D eigenvalue weighted by molar-refractivity contribution is -0.107. The van der Waals surface area contributed by atoms with Crippen molar-refractivity contribution in [3.8, 4) is 0 Å². The third-order valence-corrected chi connectivity index (χ3v) is 1.98. The summed E-state index contributed by atoms with van der Waals surface area (Å²) >= 11 is 0. The summed E-state index contributed by atoms with van der Waals surface area (Å²) in [4.78, 5) is 21.4. The fourth-order valence-electron chi connectivity index (χ4n) is 1.08. The van der Waals surface area contributed by atoms with Gasteiger partial charge in [-0.1, -0.05) is 6.07 Å². The van der Waals surface area contributed by atoms with E-state index in [4.69, 9.17) is 0 Å². The number of carbonyl (C=O) groups is 2. The van der Waals surface area contributed by atoms with Gasteiger partial charge in [0.1, 0.15) is 12.1 Å². The molecule has 1 aromatic rings. The number of carbonyl (C=O) groups excluding carboxylic acids is 2. The molecule has 0 aliphatic carbocycles. The topological polar surface area (TPSA) is 46.2 Å². The first kappa shape index (κ1) is 11.4. The lowest BCUT2D eigenvalue weighted by Crippen LogP contribution is -2.24. The monoisotopic (exact) mass is 209 g/mol. The molecule has 1 N–H and O–H groups in total. The van der Waals surface area contributed by atoms with Crippen molar-refractivity contribution in [1.29, 1.82) is 0 Å². The van der Waals surface area contributed by atoms with E-state index in [0.717, 1.165) is 6.29 Å². The van der Waals surface area contributed by atoms with E-state index < -0.39 is 5.82 Å². The third kappa shape index (κ3) is 3.16. The Kier molecular flexibility index (Phi) is 3.97. The fraction of sp³-hybridized carbons (Fsp3) is 0.273. The van der Waals surface area contributed by atoms with Gasteiger partial charge in [-0.3, -0.25) is 4.79 Å². The summed E-state index contributed by atoms with van der Waals surface area (Å²) in [5.74, 6) is -0.770. The molecule has 0 aliphatic heterocycles. The maximum atomic E-state index is 13.1. The smallest absolute Gasteiger partial charge is 0.251 e. The molecular weight excluding hydrogens is 197 g/mol. The number of aryl methyl sites for hydroxylation is 1. The molecule has 0 spiro atoms. The van der Waals surface area contributed by atoms with Crippen molar-refractivity contribution in [2.75, 3.05) is 6.54 Å². The predicted molar refractivity (Wildman–Crippen MR) is 54.2 cm³/mol. The molecule has 0 saturated carbocycles. The highest BCUT2D eigenvalue weighted by Gasteiger charge is 2.06. The van der Waals surface area contributed by atoms with Gasteiger partial charge in [-0.05, 0) is 24.6 Å². The largest absolute Gasteiger partial charge is 0.352 e. The Labute approximate surface area is 87.3 Å². The number of aldehydes is 1. The van der Waals surface area contributed by atoms with Crippen molar-refractivity contribution < 1.29 is 14.0 Å². The van der Waals surface area contributed by atoms with Gasteiger partial charge < -0.3 is 10.1 Å². The van der Waals surface area contributed by atoms with Crippen LogP contribution in [0.3, 0.4) is 0 Å². The molecule has 1 aromatic carbocycles. The van der Waals surface area contributed by atoms with Gasteiger partial charge in [0.25, 0.3) is 5.91 Å². The molecule has 15 heavy (non-hydrogen) atoms. The van der Waals surface area contributed by atoms with Crippen molar-refractivity contribution in [2.24, 2.45) is 0 Å². The van der Waals surface area contributed by atoms with E-state index in [2.05, 4.69) is 5.32 Å². The average molecular weight is 209 g/mol. The number of hydrogen-bond acceptors (Lipinski definition) is 2. The lowest BCUT2D eigenvalue weighted by Gasteiger charge is -2.04. The molecule has 3 nitrogen and oxygen atoms in total. The van der Waals surface area contributed by atoms with E-state index >= 15 is 0 Å². The number of benzene rings is 1. The van der Waals surface area contributed by atoms with Crippen LogP contribution in [-0.2, 0) is 4.79 Å². The SMILES string of the molecule is Cc1ccc(C(=O)NCCC=O)cc1F. The summed E-state index contributed by atoms with van der Waals surface area (Å²) in [6.45, 7) is 1.90. The zero-order valence-electron chi connectivity index (χ0n) is 8.42. The van der Waals surface area contributed by atoms with Crippen LogP contribution in [0.1, 0.15) is 22.3 Å². The van der Waals surface area contributed by atoms with Gasteiger partial charge in [0.2, 0.25) is 0 Å². The second-order valence-corrected chi connectivity index (χ2v) is 3.18. The number of halogens is 1. The van der Waals surface area contributed by atoms with Crippen LogP contribution in [0, 0.1) is 12.7 Å². The van der Waals surface area contributed by atoms with Crippen LogP contribution in [-0.4, -0.2) is 18.7 Å². The molecule has 0 unspecified atom stereocenters. The minimum absolute atomic E-state index is 0.264. The molecule has 0 saturated heterocycles. The Morgan fingerprint density at radius 1 is 1.53 bits per heavy atom. The Morgan fingerprint density at radius 3 is 2.87 bits per heavy atom. The molecule has 1 rings (SSSR count). The molecule has 0 bridgehead atoms. The van der Waals surface area contributed by atoms with Crippen molar-refractivity contribution in [2.45, 2.75) is 13.3 Å². The second kappa shape index (κ2) is 5.24. The summed E-state index contributed by atoms with van der Waals surface area (Å²) in [6.07, 6.45) is 0.982. The zero-order valence-corrected chi connectivity index (χ0v) is 8.42. The maximum Gasteiger partial charge on any atom is 0.251 e. The van der Waals surface area contributed by atoms with E-state index in [0.29, 0.717) is 5.56 Å². The van der Waals surface area contributed by atoms with Crippen molar-refractivity contribution in [1.82, 2.24) is 5.32 Å². The maximum absolute atomic E-state index is 13.1. The second-order valence-electron chi connectivity index (χ2n) is 3.18. The number of rotatable bonds is 4. The molecule has 0 aromatic heterocycles. The molecule has 1 amide bonds. The Bertz CT molecular complexity index is 377. The third-order valence-electron chi connectivity index (χ3n) is 1.98. The molecule has 0 aliphatic rings. The van der Waals surface area contributed by atoms with Gasteiger partial charge in [-0.15, -0.1) is 0 Å². The van der Waals surface area contributed by atoms with Crippen molar-refractivity contribution in [3.63, 3.8) is 0 Å². The van der Waals surface area contributed by atoms with Gasteiger partial charge in [0.05, 0.1) is 0 Å². The summed E-state index contributed by atoms with van der Waals surface area (Å²) in [5.41, 5.74) is 0.767. The Morgan fingerprint density at radius 2 is 2.27 bits per heavy atom. The van der Waals surface area contributed by atoms with E-state index in [9.17, 15) is 14.0 Å². The van der Waals surface area contributed by atoms with Crippen molar-refractivity contribution in [3.05, 3.63) is 35.1 Å². The molecular formula is C11H12FNO2. The molecule has 0 fully saturated rings. The van der Waals surface area contributed by atoms with Crippen LogP contribution in [0.4, 0.5) is 4.39 Å². The van der Waals surface area contributed by atoms with Crippen LogP contribution in [0.25, 0.3) is 0 Å². The highest BCUT2D eigenvalue weighted by molar-refractivity contribution is 5.94. The highest BCUT2D eigenvalue weighted by Crippen LogP contribution is 2.08. The standard InChI is InChI=1S/C11H12FNO2/c1-8-3-4-9(7-10(8)12)11(15)13-5-2-6-14/h3-4,6-7H,2,5H2,1H3,(H,13,15). The summed E-state index contributed by atoms with van der Waals surface area (Å²) in [6, 6.07) is 4.28. The molecule has 80 valence electrons. The quantitative estimate of drug-likeness (QED) is 0.602. The number of nitrogens with one attached hydrogen (secondary N) is 1. The fourth-order valence-corrected chi connectivity index (χ4v) is 1.08. The Balaban J connectivity index is 2.65.